The smallest absolute Gasteiger partial charge is 0.410 e. The van der Waals surface area contributed by atoms with Crippen LogP contribution in [0.2, 0.25) is 0 Å². The number of nitrogens with one attached hydrogen (secondary N) is 1. The minimum atomic E-state index is -0.591. The van der Waals surface area contributed by atoms with Crippen LogP contribution in [0.4, 0.5) is 4.79 Å². The average Bonchev–Trinajstić information content (AvgIpc) is 2.96. The summed E-state index contributed by atoms with van der Waals surface area (Å²) in [6.45, 7) is 11.5. The second-order valence-electron chi connectivity index (χ2n) is 8.63. The third kappa shape index (κ3) is 5.90. The van der Waals surface area contributed by atoms with Crippen molar-refractivity contribution in [1.82, 2.24) is 9.88 Å². The van der Waals surface area contributed by atoms with E-state index in [1.165, 1.54) is 4.90 Å². The summed E-state index contributed by atoms with van der Waals surface area (Å²) in [5.41, 5.74) is 0.0533. The van der Waals surface area contributed by atoms with Crippen LogP contribution in [0.3, 0.4) is 0 Å². The minimum absolute atomic E-state index is 0.258. The quantitative estimate of drug-likeness (QED) is 0.767. The number of carbonyl (C=O) groups excluding carboxylic acids is 2. The highest BCUT2D eigenvalue weighted by molar-refractivity contribution is 6.06. The summed E-state index contributed by atoms with van der Waals surface area (Å²) in [6, 6.07) is 5.49. The first-order chi connectivity index (χ1) is 12.9. The van der Waals surface area contributed by atoms with Crippen LogP contribution in [0.5, 0.6) is 5.75 Å². The molecule has 1 heterocycles. The lowest BCUT2D eigenvalue weighted by Crippen LogP contribution is -2.36. The molecule has 0 radical (unpaired) electrons. The lowest BCUT2D eigenvalue weighted by molar-refractivity contribution is 0.00713. The van der Waals surface area contributed by atoms with E-state index in [1.807, 2.05) is 53.7 Å². The molecule has 0 aliphatic carbocycles. The summed E-state index contributed by atoms with van der Waals surface area (Å²) in [5, 5.41) is 0.664. The maximum Gasteiger partial charge on any atom is 0.410 e. The van der Waals surface area contributed by atoms with E-state index < -0.39 is 23.3 Å². The summed E-state index contributed by atoms with van der Waals surface area (Å²) in [5.74, 6) is 0.137. The molecule has 28 heavy (non-hydrogen) atoms. The molecule has 0 aliphatic heterocycles. The molecular weight excluding hydrogens is 360 g/mol. The van der Waals surface area contributed by atoms with Crippen molar-refractivity contribution in [2.45, 2.75) is 52.7 Å². The minimum Gasteiger partial charge on any atom is -0.491 e. The van der Waals surface area contributed by atoms with Crippen LogP contribution in [-0.2, 0) is 9.47 Å². The molecule has 2 rings (SSSR count). The highest BCUT2D eigenvalue weighted by Crippen LogP contribution is 2.30. The summed E-state index contributed by atoms with van der Waals surface area (Å²) in [6.07, 6.45) is 1.21. The van der Waals surface area contributed by atoms with Crippen molar-refractivity contribution in [2.75, 3.05) is 20.2 Å². The van der Waals surface area contributed by atoms with Gasteiger partial charge in [0.25, 0.3) is 0 Å². The zero-order valence-corrected chi connectivity index (χ0v) is 17.7. The third-order valence-electron chi connectivity index (χ3n) is 3.68. The van der Waals surface area contributed by atoms with Gasteiger partial charge >= 0.3 is 12.1 Å². The average molecular weight is 390 g/mol. The number of ether oxygens (including phenoxy) is 3. The number of amides is 1. The number of likely N-dealkylation sites (N-methyl/N-ethyl adjacent to an activating group) is 1. The fourth-order valence-corrected chi connectivity index (χ4v) is 2.49. The molecule has 0 saturated heterocycles. The summed E-state index contributed by atoms with van der Waals surface area (Å²) in [4.78, 5) is 29.1. The lowest BCUT2D eigenvalue weighted by Gasteiger charge is -2.24. The largest absolute Gasteiger partial charge is 0.491 e. The van der Waals surface area contributed by atoms with E-state index in [0.717, 1.165) is 5.52 Å². The Hall–Kier alpha value is -2.70. The van der Waals surface area contributed by atoms with Gasteiger partial charge in [0.1, 0.15) is 23.6 Å². The second-order valence-corrected chi connectivity index (χ2v) is 8.63. The van der Waals surface area contributed by atoms with Crippen LogP contribution < -0.4 is 4.74 Å². The molecule has 1 aromatic carbocycles. The third-order valence-corrected chi connectivity index (χ3v) is 3.68. The van der Waals surface area contributed by atoms with Gasteiger partial charge in [-0.3, -0.25) is 0 Å². The van der Waals surface area contributed by atoms with E-state index in [9.17, 15) is 9.59 Å². The number of aromatic amines is 1. The Morgan fingerprint density at radius 3 is 2.29 bits per heavy atom. The van der Waals surface area contributed by atoms with E-state index in [4.69, 9.17) is 14.2 Å². The van der Waals surface area contributed by atoms with Crippen molar-refractivity contribution in [3.8, 4) is 5.75 Å². The Labute approximate surface area is 165 Å². The fraction of sp³-hybridized carbons (Fsp3) is 0.524. The molecule has 0 fully saturated rings. The molecule has 2 aromatic rings. The Bertz CT molecular complexity index is 843. The molecule has 0 aliphatic rings. The highest BCUT2D eigenvalue weighted by Gasteiger charge is 2.23. The van der Waals surface area contributed by atoms with E-state index in [1.54, 1.807) is 19.3 Å². The number of carbonyl (C=O) groups is 2. The van der Waals surface area contributed by atoms with Crippen molar-refractivity contribution < 1.29 is 23.8 Å². The Morgan fingerprint density at radius 2 is 1.68 bits per heavy atom. The van der Waals surface area contributed by atoms with Gasteiger partial charge in [0.2, 0.25) is 0 Å². The molecule has 0 saturated carbocycles. The number of benzene rings is 1. The van der Waals surface area contributed by atoms with E-state index in [0.29, 0.717) is 23.2 Å². The van der Waals surface area contributed by atoms with Crippen LogP contribution in [0, 0.1) is 0 Å². The van der Waals surface area contributed by atoms with Gasteiger partial charge in [-0.25, -0.2) is 9.59 Å². The standard InChI is InChI=1S/C21H30N2O5/c1-20(2,3)27-18(24)14-13-22-15-9-8-10-16(17(14)15)26-12-11-23(7)19(25)28-21(4,5)6/h8-10,13,22H,11-12H2,1-7H3. The monoisotopic (exact) mass is 390 g/mol. The van der Waals surface area contributed by atoms with Gasteiger partial charge in [-0.1, -0.05) is 6.07 Å². The van der Waals surface area contributed by atoms with Gasteiger partial charge in [0.15, 0.2) is 0 Å². The molecular formula is C21H30N2O5. The van der Waals surface area contributed by atoms with E-state index in [-0.39, 0.29) is 6.61 Å². The summed E-state index contributed by atoms with van der Waals surface area (Å²) in [7, 11) is 1.65. The van der Waals surface area contributed by atoms with Crippen LogP contribution in [0.25, 0.3) is 10.9 Å². The fourth-order valence-electron chi connectivity index (χ4n) is 2.49. The van der Waals surface area contributed by atoms with Crippen molar-refractivity contribution >= 4 is 23.0 Å². The summed E-state index contributed by atoms with van der Waals surface area (Å²) < 4.78 is 16.7. The molecule has 1 amide bonds. The molecule has 7 heteroatoms. The predicted molar refractivity (Wildman–Crippen MR) is 108 cm³/mol. The van der Waals surface area contributed by atoms with Crippen LogP contribution in [0.1, 0.15) is 51.9 Å². The van der Waals surface area contributed by atoms with Crippen LogP contribution in [0.15, 0.2) is 24.4 Å². The molecule has 7 nitrogen and oxygen atoms in total. The Kier molecular flexibility index (Phi) is 6.27. The Balaban J connectivity index is 2.10. The van der Waals surface area contributed by atoms with E-state index >= 15 is 0 Å². The number of rotatable bonds is 5. The van der Waals surface area contributed by atoms with Gasteiger partial charge in [0, 0.05) is 13.2 Å². The predicted octanol–water partition coefficient (Wildman–Crippen LogP) is 4.37. The van der Waals surface area contributed by atoms with Crippen molar-refractivity contribution in [1.29, 1.82) is 0 Å². The number of fused-ring (bicyclic) bond motifs is 1. The van der Waals surface area contributed by atoms with Gasteiger partial charge < -0.3 is 24.1 Å². The van der Waals surface area contributed by atoms with Gasteiger partial charge in [-0.15, -0.1) is 0 Å². The highest BCUT2D eigenvalue weighted by atomic mass is 16.6. The number of aromatic nitrogens is 1. The number of nitrogens with zero attached hydrogens (tertiary/aromatic N) is 1. The molecule has 0 unspecified atom stereocenters. The number of hydrogen-bond acceptors (Lipinski definition) is 5. The number of esters is 1. The van der Waals surface area contributed by atoms with Gasteiger partial charge in [-0.2, -0.15) is 0 Å². The number of H-pyrrole nitrogens is 1. The van der Waals surface area contributed by atoms with Crippen molar-refractivity contribution in [3.63, 3.8) is 0 Å². The van der Waals surface area contributed by atoms with Gasteiger partial charge in [-0.05, 0) is 53.7 Å². The first kappa shape index (κ1) is 21.6. The summed E-state index contributed by atoms with van der Waals surface area (Å²) >= 11 is 0. The normalized spacial score (nSPS) is 12.0. The topological polar surface area (TPSA) is 80.9 Å². The van der Waals surface area contributed by atoms with Gasteiger partial charge in [0.05, 0.1) is 23.0 Å². The Morgan fingerprint density at radius 1 is 1.04 bits per heavy atom. The molecule has 1 N–H and O–H groups in total. The van der Waals surface area contributed by atoms with E-state index in [2.05, 4.69) is 4.98 Å². The molecule has 154 valence electrons. The van der Waals surface area contributed by atoms with Crippen LogP contribution in [-0.4, -0.2) is 53.3 Å². The maximum absolute atomic E-state index is 12.5. The molecule has 0 atom stereocenters. The first-order valence-electron chi connectivity index (χ1n) is 9.28. The molecule has 1 aromatic heterocycles. The molecule has 0 spiro atoms. The van der Waals surface area contributed by atoms with Crippen LogP contribution >= 0.6 is 0 Å². The maximum atomic E-state index is 12.5. The zero-order chi connectivity index (χ0) is 21.1. The van der Waals surface area contributed by atoms with Crippen molar-refractivity contribution in [2.24, 2.45) is 0 Å². The van der Waals surface area contributed by atoms with Crippen molar-refractivity contribution in [3.05, 3.63) is 30.0 Å². The zero-order valence-electron chi connectivity index (χ0n) is 17.7. The second kappa shape index (κ2) is 8.12. The number of hydrogen-bond donors (Lipinski definition) is 1. The molecule has 0 bridgehead atoms. The lowest BCUT2D eigenvalue weighted by atomic mass is 10.1. The first-order valence-corrected chi connectivity index (χ1v) is 9.28. The SMILES string of the molecule is CN(CCOc1cccc2[nH]cc(C(=O)OC(C)(C)C)c12)C(=O)OC(C)(C)C.